The maximum absolute atomic E-state index is 11.0. The Labute approximate surface area is 107 Å². The molecule has 1 aromatic rings. The zero-order valence-electron chi connectivity index (χ0n) is 10.1. The quantitative estimate of drug-likeness (QED) is 0.666. The van der Waals surface area contributed by atoms with Crippen LogP contribution in [0, 0.1) is 0 Å². The van der Waals surface area contributed by atoms with E-state index >= 15 is 0 Å². The molecule has 0 saturated heterocycles. The van der Waals surface area contributed by atoms with Crippen LogP contribution in [0.5, 0.6) is 11.5 Å². The van der Waals surface area contributed by atoms with E-state index in [-0.39, 0.29) is 25.0 Å². The minimum Gasteiger partial charge on any atom is -0.619 e. The summed E-state index contributed by atoms with van der Waals surface area (Å²) in [6, 6.07) is 7.00. The first-order chi connectivity index (χ1) is 7.13. The second-order valence-corrected chi connectivity index (χ2v) is 3.20. The first-order valence-electron chi connectivity index (χ1n) is 4.71. The molecule has 1 aromatic carbocycles. The zero-order valence-corrected chi connectivity index (χ0v) is 10.1. The van der Waals surface area contributed by atoms with Gasteiger partial charge in [-0.1, -0.05) is 12.1 Å². The van der Waals surface area contributed by atoms with Crippen LogP contribution in [0.1, 0.15) is 13.8 Å². The van der Waals surface area contributed by atoms with E-state index in [0.717, 1.165) is 0 Å². The Morgan fingerprint density at radius 1 is 1.25 bits per heavy atom. The van der Waals surface area contributed by atoms with Gasteiger partial charge in [0.25, 0.3) is 0 Å². The van der Waals surface area contributed by atoms with E-state index in [1.54, 1.807) is 18.2 Å². The molecule has 0 aliphatic rings. The van der Waals surface area contributed by atoms with Crippen molar-refractivity contribution < 1.29 is 33.1 Å². The van der Waals surface area contributed by atoms with E-state index in [1.807, 2.05) is 19.9 Å². The van der Waals surface area contributed by atoms with Crippen molar-refractivity contribution in [1.29, 1.82) is 0 Å². The zero-order chi connectivity index (χ0) is 11.3. The van der Waals surface area contributed by atoms with Gasteiger partial charge in [-0.05, 0) is 26.0 Å². The fourth-order valence-electron chi connectivity index (χ4n) is 1.03. The molecule has 5 heteroatoms. The van der Waals surface area contributed by atoms with Crippen LogP contribution in [0.4, 0.5) is 4.79 Å². The predicted octanol–water partition coefficient (Wildman–Crippen LogP) is -0.0199. The maximum Gasteiger partial charge on any atom is 1.00 e. The average molecular weight is 215 g/mol. The predicted molar refractivity (Wildman–Crippen MR) is 57.5 cm³/mol. The molecule has 82 valence electrons. The van der Waals surface area contributed by atoms with Gasteiger partial charge in [0.05, 0.1) is 6.10 Å². The number of carbonyl (C=O) groups excluding carboxylic acids is 1. The summed E-state index contributed by atoms with van der Waals surface area (Å²) >= 11 is 0. The molecular weight excluding hydrogens is 201 g/mol. The van der Waals surface area contributed by atoms with Gasteiger partial charge in [0.15, 0.2) is 11.5 Å². The van der Waals surface area contributed by atoms with Crippen molar-refractivity contribution in [3.63, 3.8) is 0 Å². The summed E-state index contributed by atoms with van der Waals surface area (Å²) in [6.07, 6.45) is -0.599. The van der Waals surface area contributed by atoms with Gasteiger partial charge in [-0.15, -0.1) is 7.05 Å². The van der Waals surface area contributed by atoms with Crippen LogP contribution < -0.4 is 28.3 Å². The van der Waals surface area contributed by atoms with Crippen molar-refractivity contribution in [1.82, 2.24) is 0 Å². The number of ether oxygens (including phenoxy) is 2. The van der Waals surface area contributed by atoms with Crippen molar-refractivity contribution in [2.45, 2.75) is 20.0 Å². The van der Waals surface area contributed by atoms with Crippen LogP contribution in [0.2, 0.25) is 0 Å². The molecule has 0 aliphatic carbocycles. The molecule has 0 aliphatic heterocycles. The molecule has 0 unspecified atom stereocenters. The molecule has 0 fully saturated rings. The fraction of sp³-hybridized carbons (Fsp3) is 0.364. The number of amides is 1. The van der Waals surface area contributed by atoms with Gasteiger partial charge >= 0.3 is 18.9 Å². The summed E-state index contributed by atoms with van der Waals surface area (Å²) in [4.78, 5) is 11.0. The summed E-state index contributed by atoms with van der Waals surface area (Å²) in [7, 11) is 1.38. The van der Waals surface area contributed by atoms with E-state index in [9.17, 15) is 4.79 Å². The van der Waals surface area contributed by atoms with Crippen LogP contribution in [-0.2, 0) is 0 Å². The van der Waals surface area contributed by atoms with Crippen LogP contribution in [0.25, 0.3) is 5.32 Å². The van der Waals surface area contributed by atoms with E-state index in [0.29, 0.717) is 11.5 Å². The SMILES string of the molecule is C[N-]C(=O)Oc1ccccc1OC(C)C.[Li+]. The number of nitrogens with zero attached hydrogens (tertiary/aromatic N) is 1. The molecule has 0 bridgehead atoms. The van der Waals surface area contributed by atoms with Crippen molar-refractivity contribution in [3.05, 3.63) is 29.6 Å². The van der Waals surface area contributed by atoms with E-state index in [1.165, 1.54) is 7.05 Å². The summed E-state index contributed by atoms with van der Waals surface area (Å²) < 4.78 is 10.4. The summed E-state index contributed by atoms with van der Waals surface area (Å²) in [6.45, 7) is 3.81. The molecule has 0 radical (unpaired) electrons. The number of hydrogen-bond donors (Lipinski definition) is 0. The van der Waals surface area contributed by atoms with Gasteiger partial charge in [0.1, 0.15) is 0 Å². The topological polar surface area (TPSA) is 49.6 Å². The third kappa shape index (κ3) is 4.60. The fourth-order valence-corrected chi connectivity index (χ4v) is 1.03. The van der Waals surface area contributed by atoms with Crippen LogP contribution in [0.15, 0.2) is 24.3 Å². The Morgan fingerprint density at radius 3 is 2.31 bits per heavy atom. The number of para-hydroxylation sites is 2. The van der Waals surface area contributed by atoms with Gasteiger partial charge in [0, 0.05) is 0 Å². The van der Waals surface area contributed by atoms with Crippen LogP contribution in [-0.4, -0.2) is 19.2 Å². The Balaban J connectivity index is 0.00000225. The Morgan fingerprint density at radius 2 is 1.81 bits per heavy atom. The monoisotopic (exact) mass is 215 g/mol. The minimum atomic E-state index is -0.630. The van der Waals surface area contributed by atoms with Gasteiger partial charge < -0.3 is 14.8 Å². The number of carbonyl (C=O) groups is 1. The van der Waals surface area contributed by atoms with Gasteiger partial charge in [-0.2, -0.15) is 0 Å². The van der Waals surface area contributed by atoms with Crippen molar-refractivity contribution in [2.24, 2.45) is 0 Å². The number of benzene rings is 1. The van der Waals surface area contributed by atoms with E-state index in [4.69, 9.17) is 9.47 Å². The molecule has 0 spiro atoms. The van der Waals surface area contributed by atoms with E-state index in [2.05, 4.69) is 5.32 Å². The van der Waals surface area contributed by atoms with Crippen molar-refractivity contribution in [3.8, 4) is 11.5 Å². The molecule has 4 nitrogen and oxygen atoms in total. The second kappa shape index (κ2) is 7.21. The standard InChI is InChI=1S/C11H15NO3.Li/c1-8(2)14-9-6-4-5-7-10(9)15-11(13)12-3;/h4-8H,1-3H3,(H,12,13);/q;+1/p-1. The molecule has 0 heterocycles. The largest absolute Gasteiger partial charge is 1.00 e. The van der Waals surface area contributed by atoms with Crippen LogP contribution >= 0.6 is 0 Å². The minimum absolute atomic E-state index is 0. The molecule has 0 atom stereocenters. The number of rotatable bonds is 3. The second-order valence-electron chi connectivity index (χ2n) is 3.20. The summed E-state index contributed by atoms with van der Waals surface area (Å²) in [5.74, 6) is 0.936. The molecule has 16 heavy (non-hydrogen) atoms. The van der Waals surface area contributed by atoms with Gasteiger partial charge in [0.2, 0.25) is 6.09 Å². The third-order valence-electron chi connectivity index (χ3n) is 1.59. The first-order valence-corrected chi connectivity index (χ1v) is 4.71. The van der Waals surface area contributed by atoms with Crippen molar-refractivity contribution in [2.75, 3.05) is 7.05 Å². The van der Waals surface area contributed by atoms with Gasteiger partial charge in [-0.25, -0.2) is 0 Å². The molecule has 1 rings (SSSR count). The van der Waals surface area contributed by atoms with Crippen LogP contribution in [0.3, 0.4) is 0 Å². The Kier molecular flexibility index (Phi) is 6.71. The summed E-state index contributed by atoms with van der Waals surface area (Å²) in [5, 5.41) is 3.39. The van der Waals surface area contributed by atoms with Crippen molar-refractivity contribution >= 4 is 6.09 Å². The van der Waals surface area contributed by atoms with Gasteiger partial charge in [-0.3, -0.25) is 4.79 Å². The first kappa shape index (κ1) is 14.9. The normalized spacial score (nSPS) is 9.25. The molecular formula is C11H14LiNO3. The summed E-state index contributed by atoms with van der Waals surface area (Å²) in [5.41, 5.74) is 0. The van der Waals surface area contributed by atoms with E-state index < -0.39 is 6.09 Å². The molecule has 0 saturated carbocycles. The smallest absolute Gasteiger partial charge is 0.619 e. The molecule has 0 N–H and O–H groups in total. The average Bonchev–Trinajstić information content (AvgIpc) is 2.20. The Hall–Kier alpha value is -1.11. The third-order valence-corrected chi connectivity index (χ3v) is 1.59. The molecule has 1 amide bonds. The Bertz CT molecular complexity index is 342. The maximum atomic E-state index is 11.0. The molecule has 0 aromatic heterocycles. The number of hydrogen-bond acceptors (Lipinski definition) is 3.